The second-order valence-electron chi connectivity index (χ2n) is 8.33. The Morgan fingerprint density at radius 2 is 1.60 bits per heavy atom. The van der Waals surface area contributed by atoms with Crippen LogP contribution in [0.2, 0.25) is 0 Å². The first-order chi connectivity index (χ1) is 14.2. The molecule has 0 aliphatic heterocycles. The van der Waals surface area contributed by atoms with Crippen LogP contribution in [0.1, 0.15) is 57.2 Å². The highest BCUT2D eigenvalue weighted by atomic mass is 16.5. The minimum atomic E-state index is -0.606. The smallest absolute Gasteiger partial charge is 0.261 e. The Bertz CT molecular complexity index is 844. The maximum absolute atomic E-state index is 13.1. The van der Waals surface area contributed by atoms with E-state index in [-0.39, 0.29) is 30.4 Å². The molecule has 0 aliphatic rings. The van der Waals surface area contributed by atoms with E-state index in [1.54, 1.807) is 11.8 Å². The van der Waals surface area contributed by atoms with Crippen LogP contribution in [0.25, 0.3) is 0 Å². The van der Waals surface area contributed by atoms with Crippen molar-refractivity contribution in [2.75, 3.05) is 6.61 Å². The SMILES string of the molecule is Cc1ccc(CN(C(=O)COc2ccccc2C(C)C)[C@H](C)C(=O)NC(C)C)cc1. The molecule has 0 spiro atoms. The molecule has 0 saturated carbocycles. The van der Waals surface area contributed by atoms with Crippen LogP contribution in [0, 0.1) is 6.92 Å². The standard InChI is InChI=1S/C25H34N2O3/c1-17(2)22-9-7-8-10-23(22)30-16-24(28)27(20(6)25(29)26-18(3)4)15-21-13-11-19(5)12-14-21/h7-14,17-18,20H,15-16H2,1-6H3,(H,26,29)/t20-/m1/s1. The molecule has 2 aromatic rings. The Hall–Kier alpha value is -2.82. The third kappa shape index (κ3) is 6.61. The minimum absolute atomic E-state index is 0.00504. The van der Waals surface area contributed by atoms with E-state index >= 15 is 0 Å². The average molecular weight is 411 g/mol. The summed E-state index contributed by atoms with van der Waals surface area (Å²) >= 11 is 0. The first-order valence-corrected chi connectivity index (χ1v) is 10.6. The average Bonchev–Trinajstić information content (AvgIpc) is 2.70. The van der Waals surface area contributed by atoms with Crippen LogP contribution in [0.5, 0.6) is 5.75 Å². The molecule has 0 saturated heterocycles. The molecule has 5 heteroatoms. The van der Waals surface area contributed by atoms with Gasteiger partial charge in [-0.1, -0.05) is 61.9 Å². The van der Waals surface area contributed by atoms with Crippen molar-refractivity contribution in [2.45, 2.75) is 66.1 Å². The van der Waals surface area contributed by atoms with Gasteiger partial charge in [-0.25, -0.2) is 0 Å². The number of nitrogens with one attached hydrogen (secondary N) is 1. The van der Waals surface area contributed by atoms with Gasteiger partial charge in [0.15, 0.2) is 6.61 Å². The van der Waals surface area contributed by atoms with Crippen LogP contribution in [-0.2, 0) is 16.1 Å². The number of benzene rings is 2. The summed E-state index contributed by atoms with van der Waals surface area (Å²) in [5, 5.41) is 2.90. The maximum atomic E-state index is 13.1. The number of carbonyl (C=O) groups excluding carboxylic acids is 2. The van der Waals surface area contributed by atoms with E-state index in [4.69, 9.17) is 4.74 Å². The number of aryl methyl sites for hydroxylation is 1. The molecule has 0 unspecified atom stereocenters. The Kier molecular flexibility index (Phi) is 8.46. The van der Waals surface area contributed by atoms with Crippen LogP contribution in [0.3, 0.4) is 0 Å². The molecular weight excluding hydrogens is 376 g/mol. The molecule has 5 nitrogen and oxygen atoms in total. The molecule has 1 N–H and O–H groups in total. The van der Waals surface area contributed by atoms with Crippen molar-refractivity contribution in [3.05, 3.63) is 65.2 Å². The van der Waals surface area contributed by atoms with Gasteiger partial charge in [-0.05, 0) is 50.8 Å². The predicted octanol–water partition coefficient (Wildman–Crippen LogP) is 4.44. The molecule has 2 amide bonds. The Morgan fingerprint density at radius 3 is 2.20 bits per heavy atom. The third-order valence-corrected chi connectivity index (χ3v) is 4.96. The van der Waals surface area contributed by atoms with Gasteiger partial charge in [-0.2, -0.15) is 0 Å². The minimum Gasteiger partial charge on any atom is -0.483 e. The summed E-state index contributed by atoms with van der Waals surface area (Å²) in [7, 11) is 0. The molecule has 0 aliphatic carbocycles. The van der Waals surface area contributed by atoms with E-state index in [1.165, 1.54) is 0 Å². The summed E-state index contributed by atoms with van der Waals surface area (Å²) in [6.45, 7) is 12.0. The quantitative estimate of drug-likeness (QED) is 0.665. The molecule has 0 heterocycles. The number of hydrogen-bond donors (Lipinski definition) is 1. The van der Waals surface area contributed by atoms with Gasteiger partial charge in [-0.3, -0.25) is 9.59 Å². The Labute approximate surface area is 180 Å². The summed E-state index contributed by atoms with van der Waals surface area (Å²) < 4.78 is 5.89. The summed E-state index contributed by atoms with van der Waals surface area (Å²) in [5.74, 6) is 0.597. The first-order valence-electron chi connectivity index (χ1n) is 10.6. The zero-order valence-electron chi connectivity index (χ0n) is 18.9. The fourth-order valence-corrected chi connectivity index (χ4v) is 3.19. The van der Waals surface area contributed by atoms with Gasteiger partial charge in [-0.15, -0.1) is 0 Å². The molecule has 0 bridgehead atoms. The van der Waals surface area contributed by atoms with Crippen molar-refractivity contribution < 1.29 is 14.3 Å². The van der Waals surface area contributed by atoms with Crippen molar-refractivity contribution in [3.8, 4) is 5.75 Å². The second-order valence-corrected chi connectivity index (χ2v) is 8.33. The maximum Gasteiger partial charge on any atom is 0.261 e. The van der Waals surface area contributed by atoms with Crippen LogP contribution < -0.4 is 10.1 Å². The lowest BCUT2D eigenvalue weighted by Crippen LogP contribution is -2.50. The summed E-state index contributed by atoms with van der Waals surface area (Å²) in [4.78, 5) is 27.3. The molecule has 0 radical (unpaired) electrons. The van der Waals surface area contributed by atoms with Gasteiger partial charge >= 0.3 is 0 Å². The fraction of sp³-hybridized carbons (Fsp3) is 0.440. The highest BCUT2D eigenvalue weighted by molar-refractivity contribution is 5.88. The molecule has 30 heavy (non-hydrogen) atoms. The zero-order chi connectivity index (χ0) is 22.3. The van der Waals surface area contributed by atoms with E-state index in [0.717, 1.165) is 16.7 Å². The van der Waals surface area contributed by atoms with Gasteiger partial charge < -0.3 is 15.0 Å². The van der Waals surface area contributed by atoms with Crippen LogP contribution in [-0.4, -0.2) is 35.4 Å². The van der Waals surface area contributed by atoms with E-state index in [1.807, 2.05) is 69.3 Å². The van der Waals surface area contributed by atoms with Gasteiger partial charge in [0.25, 0.3) is 5.91 Å². The zero-order valence-corrected chi connectivity index (χ0v) is 18.9. The molecule has 0 aromatic heterocycles. The fourth-order valence-electron chi connectivity index (χ4n) is 3.19. The van der Waals surface area contributed by atoms with Gasteiger partial charge in [0.2, 0.25) is 5.91 Å². The summed E-state index contributed by atoms with van der Waals surface area (Å²) in [6, 6.07) is 15.1. The molecule has 162 valence electrons. The van der Waals surface area contributed by atoms with Crippen molar-refractivity contribution in [1.82, 2.24) is 10.2 Å². The number of amides is 2. The van der Waals surface area contributed by atoms with Gasteiger partial charge in [0, 0.05) is 12.6 Å². The molecule has 1 atom stereocenters. The third-order valence-electron chi connectivity index (χ3n) is 4.96. The lowest BCUT2D eigenvalue weighted by atomic mass is 10.0. The van der Waals surface area contributed by atoms with Crippen LogP contribution in [0.4, 0.5) is 0 Å². The number of rotatable bonds is 9. The van der Waals surface area contributed by atoms with Crippen molar-refractivity contribution in [3.63, 3.8) is 0 Å². The summed E-state index contributed by atoms with van der Waals surface area (Å²) in [5.41, 5.74) is 3.18. The van der Waals surface area contributed by atoms with Gasteiger partial charge in [0.1, 0.15) is 11.8 Å². The van der Waals surface area contributed by atoms with Gasteiger partial charge in [0.05, 0.1) is 0 Å². The van der Waals surface area contributed by atoms with E-state index in [9.17, 15) is 9.59 Å². The predicted molar refractivity (Wildman–Crippen MR) is 120 cm³/mol. The van der Waals surface area contributed by atoms with Crippen LogP contribution in [0.15, 0.2) is 48.5 Å². The van der Waals surface area contributed by atoms with E-state index < -0.39 is 6.04 Å². The molecule has 0 fully saturated rings. The Morgan fingerprint density at radius 1 is 0.967 bits per heavy atom. The number of carbonyl (C=O) groups is 2. The van der Waals surface area contributed by atoms with Crippen molar-refractivity contribution in [2.24, 2.45) is 0 Å². The Balaban J connectivity index is 2.19. The summed E-state index contributed by atoms with van der Waals surface area (Å²) in [6.07, 6.45) is 0. The highest BCUT2D eigenvalue weighted by Gasteiger charge is 2.27. The molecular formula is C25H34N2O3. The van der Waals surface area contributed by atoms with Crippen LogP contribution >= 0.6 is 0 Å². The lowest BCUT2D eigenvalue weighted by Gasteiger charge is -2.29. The first kappa shape index (κ1) is 23.5. The molecule has 2 aromatic carbocycles. The second kappa shape index (κ2) is 10.8. The van der Waals surface area contributed by atoms with Crippen molar-refractivity contribution in [1.29, 1.82) is 0 Å². The normalized spacial score (nSPS) is 12.0. The van der Waals surface area contributed by atoms with Crippen molar-refractivity contribution >= 4 is 11.8 Å². The van der Waals surface area contributed by atoms with E-state index in [2.05, 4.69) is 19.2 Å². The largest absolute Gasteiger partial charge is 0.483 e. The lowest BCUT2D eigenvalue weighted by molar-refractivity contribution is -0.142. The molecule has 2 rings (SSSR count). The highest BCUT2D eigenvalue weighted by Crippen LogP contribution is 2.26. The topological polar surface area (TPSA) is 58.6 Å². The number of hydrogen-bond acceptors (Lipinski definition) is 3. The number of nitrogens with zero attached hydrogens (tertiary/aromatic N) is 1. The van der Waals surface area contributed by atoms with E-state index in [0.29, 0.717) is 12.3 Å². The number of ether oxygens (including phenoxy) is 1. The number of para-hydroxylation sites is 1. The monoisotopic (exact) mass is 410 g/mol.